The molecule has 10 atom stereocenters. The fourth-order valence-electron chi connectivity index (χ4n) is 7.42. The van der Waals surface area contributed by atoms with Crippen molar-refractivity contribution < 1.29 is 33.8 Å². The number of aliphatic hydroxyl groups excluding tert-OH is 1. The van der Waals surface area contributed by atoms with Gasteiger partial charge in [-0.1, -0.05) is 85.2 Å². The Balaban J connectivity index is 2.24. The summed E-state index contributed by atoms with van der Waals surface area (Å²) < 4.78 is 11.9. The van der Waals surface area contributed by atoms with E-state index in [1.807, 2.05) is 71.9 Å². The predicted molar refractivity (Wildman–Crippen MR) is 200 cm³/mol. The molecule has 51 heavy (non-hydrogen) atoms. The fraction of sp³-hybridized carbons (Fsp3) is 0.744. The third kappa shape index (κ3) is 11.5. The maximum absolute atomic E-state index is 14.1. The second kappa shape index (κ2) is 20.8. The zero-order valence-electron chi connectivity index (χ0n) is 33.1. The first kappa shape index (κ1) is 44.1. The lowest BCUT2D eigenvalue weighted by Crippen LogP contribution is -2.59. The number of benzene rings is 1. The highest BCUT2D eigenvalue weighted by Gasteiger charge is 2.43. The van der Waals surface area contributed by atoms with Gasteiger partial charge in [0, 0.05) is 27.8 Å². The van der Waals surface area contributed by atoms with Crippen LogP contribution in [0.5, 0.6) is 0 Å². The molecule has 1 fully saturated rings. The van der Waals surface area contributed by atoms with Crippen LogP contribution in [0.3, 0.4) is 0 Å². The molecule has 1 aliphatic rings. The summed E-state index contributed by atoms with van der Waals surface area (Å²) >= 11 is 0. The van der Waals surface area contributed by atoms with Gasteiger partial charge in [-0.15, -0.1) is 0 Å². The van der Waals surface area contributed by atoms with Gasteiger partial charge in [0.2, 0.25) is 23.6 Å². The summed E-state index contributed by atoms with van der Waals surface area (Å²) in [5.41, 5.74) is 0.711. The second-order valence-corrected chi connectivity index (χ2v) is 15.0. The number of methoxy groups -OCH3 is 2. The van der Waals surface area contributed by atoms with E-state index in [-0.39, 0.29) is 53.8 Å². The summed E-state index contributed by atoms with van der Waals surface area (Å²) in [7, 11) is 6.57. The molecule has 12 heteroatoms. The summed E-state index contributed by atoms with van der Waals surface area (Å²) in [5.74, 6) is -1.62. The van der Waals surface area contributed by atoms with Crippen molar-refractivity contribution in [2.75, 3.05) is 34.9 Å². The smallest absolute Gasteiger partial charge is 0.245 e. The molecule has 12 nitrogen and oxygen atoms in total. The largest absolute Gasteiger partial charge is 0.386 e. The molecule has 0 radical (unpaired) electrons. The highest BCUT2D eigenvalue weighted by Crippen LogP contribution is 2.30. The topological polar surface area (TPSA) is 150 Å². The SMILES string of the molecule is CC[C@H](C)[C@@H]([C@@H](CC(=O)N1CCC[C@H]1C(OC)C(C)C(=O)N[C@H](C)C(O)c1ccccc1)OC)N(C)C(=O)[C@@H](NC(=O)[C@@H](NC)C(C)C)C(C)C. The van der Waals surface area contributed by atoms with Crippen molar-refractivity contribution in [1.29, 1.82) is 0 Å². The lowest BCUT2D eigenvalue weighted by molar-refractivity contribution is -0.148. The van der Waals surface area contributed by atoms with Gasteiger partial charge in [0.05, 0.1) is 54.8 Å². The Labute approximate surface area is 306 Å². The Hall–Kier alpha value is -3.06. The zero-order chi connectivity index (χ0) is 38.6. The molecule has 0 aromatic heterocycles. The molecule has 1 aliphatic heterocycles. The van der Waals surface area contributed by atoms with Crippen molar-refractivity contribution in [2.45, 2.75) is 130 Å². The summed E-state index contributed by atoms with van der Waals surface area (Å²) in [5, 5.41) is 19.8. The molecule has 4 N–H and O–H groups in total. The van der Waals surface area contributed by atoms with Crippen molar-refractivity contribution in [1.82, 2.24) is 25.8 Å². The van der Waals surface area contributed by atoms with Crippen molar-refractivity contribution in [3.63, 3.8) is 0 Å². The van der Waals surface area contributed by atoms with Crippen LogP contribution in [0.1, 0.15) is 92.7 Å². The van der Waals surface area contributed by atoms with Gasteiger partial charge in [-0.05, 0) is 50.1 Å². The molecule has 0 spiro atoms. The van der Waals surface area contributed by atoms with Crippen molar-refractivity contribution in [2.24, 2.45) is 23.7 Å². The summed E-state index contributed by atoms with van der Waals surface area (Å²) in [6, 6.07) is 6.67. The maximum Gasteiger partial charge on any atom is 0.245 e. The van der Waals surface area contributed by atoms with E-state index in [1.54, 1.807) is 52.0 Å². The first-order valence-electron chi connectivity index (χ1n) is 18.7. The number of amides is 4. The molecule has 0 bridgehead atoms. The van der Waals surface area contributed by atoms with E-state index in [1.165, 1.54) is 0 Å². The Morgan fingerprint density at radius 2 is 1.53 bits per heavy atom. The van der Waals surface area contributed by atoms with Crippen LogP contribution >= 0.6 is 0 Å². The molecule has 4 amide bonds. The van der Waals surface area contributed by atoms with Gasteiger partial charge in [-0.2, -0.15) is 0 Å². The summed E-state index contributed by atoms with van der Waals surface area (Å²) in [6.45, 7) is 15.9. The van der Waals surface area contributed by atoms with Crippen LogP contribution in [0.4, 0.5) is 0 Å². The van der Waals surface area contributed by atoms with Crippen LogP contribution in [0, 0.1) is 23.7 Å². The monoisotopic (exact) mass is 718 g/mol. The Bertz CT molecular complexity index is 1250. The average molecular weight is 718 g/mol. The molecular formula is C39H67N5O7. The third-order valence-electron chi connectivity index (χ3n) is 10.7. The lowest BCUT2D eigenvalue weighted by atomic mass is 9.89. The summed E-state index contributed by atoms with van der Waals surface area (Å²) in [4.78, 5) is 58.3. The number of hydrogen-bond donors (Lipinski definition) is 4. The van der Waals surface area contributed by atoms with E-state index < -0.39 is 48.4 Å². The number of likely N-dealkylation sites (N-methyl/N-ethyl adjacent to an activating group) is 2. The van der Waals surface area contributed by atoms with Crippen LogP contribution in [0.25, 0.3) is 0 Å². The number of carbonyl (C=O) groups excluding carboxylic acids is 4. The standard InChI is InChI=1S/C39H67N5O7/c1-13-25(6)34(43(10)39(49)33(24(4)5)42-38(48)32(40-9)23(2)3)30(50-11)22-31(45)44-21-17-20-29(44)36(51-12)26(7)37(47)41-27(8)35(46)28-18-15-14-16-19-28/h14-16,18-19,23-27,29-30,32-36,40,46H,13,17,20-22H2,1-12H3,(H,41,47)(H,42,48)/t25-,26?,27+,29-,30+,32-,33-,34-,35?,36?/m0/s1. The van der Waals surface area contributed by atoms with E-state index in [4.69, 9.17) is 9.47 Å². The minimum absolute atomic E-state index is 0.0148. The van der Waals surface area contributed by atoms with Gasteiger partial charge in [0.15, 0.2) is 0 Å². The molecule has 1 aromatic rings. The third-order valence-corrected chi connectivity index (χ3v) is 10.7. The zero-order valence-corrected chi connectivity index (χ0v) is 33.1. The van der Waals surface area contributed by atoms with Crippen LogP contribution in [0.2, 0.25) is 0 Å². The Morgan fingerprint density at radius 3 is 2.04 bits per heavy atom. The molecule has 290 valence electrons. The number of carbonyl (C=O) groups is 4. The maximum atomic E-state index is 14.1. The first-order valence-corrected chi connectivity index (χ1v) is 18.7. The molecule has 3 unspecified atom stereocenters. The normalized spacial score (nSPS) is 20.1. The van der Waals surface area contributed by atoms with Gasteiger partial charge in [-0.25, -0.2) is 0 Å². The molecule has 1 heterocycles. The van der Waals surface area contributed by atoms with Crippen LogP contribution < -0.4 is 16.0 Å². The second-order valence-electron chi connectivity index (χ2n) is 15.0. The van der Waals surface area contributed by atoms with Crippen LogP contribution in [-0.4, -0.2) is 116 Å². The highest BCUT2D eigenvalue weighted by atomic mass is 16.5. The molecular weight excluding hydrogens is 650 g/mol. The van der Waals surface area contributed by atoms with E-state index >= 15 is 0 Å². The van der Waals surface area contributed by atoms with Crippen molar-refractivity contribution in [3.05, 3.63) is 35.9 Å². The van der Waals surface area contributed by atoms with E-state index in [0.717, 1.165) is 12.8 Å². The number of nitrogens with one attached hydrogen (secondary N) is 3. The number of ether oxygens (including phenoxy) is 2. The molecule has 2 rings (SSSR count). The van der Waals surface area contributed by atoms with Crippen LogP contribution in [0.15, 0.2) is 30.3 Å². The van der Waals surface area contributed by atoms with Crippen molar-refractivity contribution >= 4 is 23.6 Å². The number of nitrogens with zero attached hydrogens (tertiary/aromatic N) is 2. The predicted octanol–water partition coefficient (Wildman–Crippen LogP) is 3.53. The van der Waals surface area contributed by atoms with Crippen molar-refractivity contribution in [3.8, 4) is 0 Å². The van der Waals surface area contributed by atoms with E-state index in [9.17, 15) is 24.3 Å². The first-order chi connectivity index (χ1) is 24.0. The Morgan fingerprint density at radius 1 is 0.922 bits per heavy atom. The average Bonchev–Trinajstić information content (AvgIpc) is 3.59. The van der Waals surface area contributed by atoms with E-state index in [2.05, 4.69) is 16.0 Å². The molecule has 1 aromatic carbocycles. The number of aliphatic hydroxyl groups is 1. The minimum atomic E-state index is -0.875. The molecule has 0 aliphatic carbocycles. The van der Waals surface area contributed by atoms with Gasteiger partial charge in [-0.3, -0.25) is 19.2 Å². The summed E-state index contributed by atoms with van der Waals surface area (Å²) in [6.07, 6.45) is 0.147. The highest BCUT2D eigenvalue weighted by molar-refractivity contribution is 5.90. The van der Waals surface area contributed by atoms with Gasteiger partial charge < -0.3 is 40.3 Å². The molecule has 0 saturated carbocycles. The van der Waals surface area contributed by atoms with Gasteiger partial charge >= 0.3 is 0 Å². The van der Waals surface area contributed by atoms with Gasteiger partial charge in [0.25, 0.3) is 0 Å². The number of hydrogen-bond acceptors (Lipinski definition) is 8. The van der Waals surface area contributed by atoms with Gasteiger partial charge in [0.1, 0.15) is 6.04 Å². The minimum Gasteiger partial charge on any atom is -0.386 e. The lowest BCUT2D eigenvalue weighted by Gasteiger charge is -2.41. The number of rotatable bonds is 20. The quantitative estimate of drug-likeness (QED) is 0.160. The fourth-order valence-corrected chi connectivity index (χ4v) is 7.42. The molecule has 1 saturated heterocycles. The Kier molecular flexibility index (Phi) is 18.0. The van der Waals surface area contributed by atoms with Crippen LogP contribution in [-0.2, 0) is 28.7 Å². The van der Waals surface area contributed by atoms with E-state index in [0.29, 0.717) is 18.5 Å². The number of likely N-dealkylation sites (tertiary alicyclic amines) is 1.